The maximum absolute atomic E-state index is 11.9. The summed E-state index contributed by atoms with van der Waals surface area (Å²) in [6, 6.07) is 0. The predicted molar refractivity (Wildman–Crippen MR) is 110 cm³/mol. The lowest BCUT2D eigenvalue weighted by Gasteiger charge is -2.16. The van der Waals surface area contributed by atoms with E-state index >= 15 is 0 Å². The quantitative estimate of drug-likeness (QED) is 0.360. The smallest absolute Gasteiger partial charge is 0.240 e. The van der Waals surface area contributed by atoms with Crippen molar-refractivity contribution in [1.29, 1.82) is 0 Å². The molecule has 0 aromatic rings. The Bertz CT molecular complexity index is 578. The molecule has 0 aromatic carbocycles. The average molecular weight is 387 g/mol. The minimum absolute atomic E-state index is 0.0610. The number of nitrogens with zero attached hydrogens (tertiary/aromatic N) is 2. The van der Waals surface area contributed by atoms with Gasteiger partial charge in [-0.25, -0.2) is 10.9 Å². The molecule has 6 nitrogen and oxygen atoms in total. The second-order valence-electron chi connectivity index (χ2n) is 9.51. The van der Waals surface area contributed by atoms with Crippen molar-refractivity contribution >= 4 is 24.2 Å². The Kier molecular flexibility index (Phi) is 6.43. The number of hydrogen-bond acceptors (Lipinski definition) is 4. The van der Waals surface area contributed by atoms with Gasteiger partial charge in [0.25, 0.3) is 0 Å². The van der Waals surface area contributed by atoms with E-state index in [1.54, 1.807) is 0 Å². The van der Waals surface area contributed by atoms with Crippen molar-refractivity contribution in [3.8, 4) is 0 Å². The van der Waals surface area contributed by atoms with Gasteiger partial charge in [-0.1, -0.05) is 12.8 Å². The molecule has 4 saturated carbocycles. The zero-order valence-corrected chi connectivity index (χ0v) is 16.8. The van der Waals surface area contributed by atoms with E-state index in [4.69, 9.17) is 0 Å². The molecule has 2 amide bonds. The lowest BCUT2D eigenvalue weighted by atomic mass is 9.90. The largest absolute Gasteiger partial charge is 0.273 e. The van der Waals surface area contributed by atoms with Gasteiger partial charge in [0.1, 0.15) is 0 Å². The van der Waals surface area contributed by atoms with Crippen molar-refractivity contribution in [2.24, 2.45) is 45.7 Å². The van der Waals surface area contributed by atoms with Gasteiger partial charge in [-0.3, -0.25) is 9.59 Å². The van der Waals surface area contributed by atoms with Crippen LogP contribution in [0.25, 0.3) is 0 Å². The van der Waals surface area contributed by atoms with Crippen molar-refractivity contribution in [3.05, 3.63) is 0 Å². The minimum Gasteiger partial charge on any atom is -0.273 e. The fourth-order valence-electron chi connectivity index (χ4n) is 6.05. The van der Waals surface area contributed by atoms with Crippen LogP contribution in [-0.4, -0.2) is 24.2 Å². The third kappa shape index (κ3) is 5.00. The van der Waals surface area contributed by atoms with Crippen molar-refractivity contribution in [3.63, 3.8) is 0 Å². The van der Waals surface area contributed by atoms with Gasteiger partial charge in [-0.15, -0.1) is 0 Å². The van der Waals surface area contributed by atoms with Gasteiger partial charge in [0.05, 0.1) is 0 Å². The van der Waals surface area contributed by atoms with Gasteiger partial charge >= 0.3 is 0 Å². The molecule has 0 radical (unpaired) electrons. The first-order valence-electron chi connectivity index (χ1n) is 11.3. The van der Waals surface area contributed by atoms with Gasteiger partial charge in [-0.05, 0) is 86.9 Å². The molecule has 6 atom stereocenters. The zero-order valence-electron chi connectivity index (χ0n) is 16.8. The van der Waals surface area contributed by atoms with Crippen LogP contribution in [0.3, 0.4) is 0 Å². The first-order chi connectivity index (χ1) is 13.7. The van der Waals surface area contributed by atoms with E-state index in [2.05, 4.69) is 21.1 Å². The normalized spacial score (nSPS) is 36.0. The topological polar surface area (TPSA) is 82.9 Å². The van der Waals surface area contributed by atoms with Crippen molar-refractivity contribution in [2.45, 2.75) is 77.0 Å². The number of fused-ring (bicyclic) bond motifs is 4. The Morgan fingerprint density at radius 1 is 0.714 bits per heavy atom. The van der Waals surface area contributed by atoms with E-state index in [0.29, 0.717) is 37.5 Å². The fourth-order valence-corrected chi connectivity index (χ4v) is 6.05. The molecule has 6 heteroatoms. The molecule has 2 N–H and O–H groups in total. The number of carbonyl (C=O) groups excluding carboxylic acids is 2. The van der Waals surface area contributed by atoms with Crippen LogP contribution < -0.4 is 10.9 Å². The molecule has 0 unspecified atom stereocenters. The molecule has 0 saturated heterocycles. The van der Waals surface area contributed by atoms with Crippen molar-refractivity contribution < 1.29 is 9.59 Å². The van der Waals surface area contributed by atoms with Crippen LogP contribution >= 0.6 is 0 Å². The van der Waals surface area contributed by atoms with Gasteiger partial charge in [0.15, 0.2) is 0 Å². The summed E-state index contributed by atoms with van der Waals surface area (Å²) in [5.41, 5.74) is 5.28. The first kappa shape index (κ1) is 19.6. The van der Waals surface area contributed by atoms with Crippen molar-refractivity contribution in [1.82, 2.24) is 10.9 Å². The Morgan fingerprint density at radius 2 is 1.18 bits per heavy atom. The lowest BCUT2D eigenvalue weighted by molar-refractivity contribution is -0.123. The van der Waals surface area contributed by atoms with E-state index in [-0.39, 0.29) is 11.8 Å². The van der Waals surface area contributed by atoms with E-state index in [0.717, 1.165) is 23.7 Å². The lowest BCUT2D eigenvalue weighted by Crippen LogP contribution is -2.21. The second kappa shape index (κ2) is 9.19. The van der Waals surface area contributed by atoms with Crippen LogP contribution in [0.4, 0.5) is 0 Å². The maximum atomic E-state index is 11.9. The summed E-state index contributed by atoms with van der Waals surface area (Å²) in [4.78, 5) is 23.7. The highest BCUT2D eigenvalue weighted by Gasteiger charge is 2.39. The van der Waals surface area contributed by atoms with Crippen LogP contribution in [-0.2, 0) is 9.59 Å². The van der Waals surface area contributed by atoms with Gasteiger partial charge in [0.2, 0.25) is 11.8 Å². The summed E-state index contributed by atoms with van der Waals surface area (Å²) in [6.45, 7) is 0. The highest BCUT2D eigenvalue weighted by molar-refractivity contribution is 5.78. The fraction of sp³-hybridized carbons (Fsp3) is 0.818. The molecule has 4 fully saturated rings. The van der Waals surface area contributed by atoms with Crippen LogP contribution in [0.2, 0.25) is 0 Å². The molecular weight excluding hydrogens is 352 g/mol. The third-order valence-corrected chi connectivity index (χ3v) is 7.55. The first-order valence-corrected chi connectivity index (χ1v) is 11.3. The number of hydrogen-bond donors (Lipinski definition) is 2. The number of unbranched alkanes of at least 4 members (excludes halogenated alkanes) is 1. The molecule has 0 spiro atoms. The molecule has 0 aliphatic heterocycles. The van der Waals surface area contributed by atoms with Gasteiger partial charge < -0.3 is 0 Å². The number of carbonyl (C=O) groups is 2. The van der Waals surface area contributed by atoms with Crippen molar-refractivity contribution in [2.75, 3.05) is 0 Å². The highest BCUT2D eigenvalue weighted by atomic mass is 16.2. The minimum atomic E-state index is -0.0610. The average Bonchev–Trinajstić information content (AvgIpc) is 3.46. The molecule has 4 aliphatic carbocycles. The summed E-state index contributed by atoms with van der Waals surface area (Å²) in [7, 11) is 0. The highest BCUT2D eigenvalue weighted by Crippen LogP contribution is 2.48. The van der Waals surface area contributed by atoms with E-state index in [1.165, 1.54) is 51.4 Å². The number of rotatable bonds is 9. The number of nitrogens with one attached hydrogen (secondary N) is 2. The molecule has 4 rings (SSSR count). The molecule has 0 heterocycles. The summed E-state index contributed by atoms with van der Waals surface area (Å²) in [5, 5.41) is 8.31. The van der Waals surface area contributed by atoms with E-state index in [9.17, 15) is 9.59 Å². The molecule has 4 aliphatic rings. The molecular formula is C22H34N4O2. The maximum Gasteiger partial charge on any atom is 0.240 e. The monoisotopic (exact) mass is 386 g/mol. The van der Waals surface area contributed by atoms with Crippen LogP contribution in [0.1, 0.15) is 77.0 Å². The second-order valence-corrected chi connectivity index (χ2v) is 9.51. The number of amides is 2. The van der Waals surface area contributed by atoms with Crippen LogP contribution in [0.15, 0.2) is 10.2 Å². The Labute approximate surface area is 168 Å². The molecule has 0 aromatic heterocycles. The SMILES string of the molecule is O=C(CCCCC(=O)N/N=C/[C@@H]1C[C@H]2CC[C@H]1C2)N/N=C/[C@@H]1C[C@H]2CC[C@H]1C2. The van der Waals surface area contributed by atoms with Gasteiger partial charge in [-0.2, -0.15) is 10.2 Å². The summed E-state index contributed by atoms with van der Waals surface area (Å²) >= 11 is 0. The van der Waals surface area contributed by atoms with Crippen LogP contribution in [0, 0.1) is 35.5 Å². The number of hydrazone groups is 2. The molecule has 4 bridgehead atoms. The summed E-state index contributed by atoms with van der Waals surface area (Å²) < 4.78 is 0. The summed E-state index contributed by atoms with van der Waals surface area (Å²) in [5.74, 6) is 4.35. The van der Waals surface area contributed by atoms with E-state index < -0.39 is 0 Å². The summed E-state index contributed by atoms with van der Waals surface area (Å²) in [6.07, 6.45) is 16.7. The Balaban J connectivity index is 1.03. The molecule has 28 heavy (non-hydrogen) atoms. The molecule has 154 valence electrons. The van der Waals surface area contributed by atoms with Crippen LogP contribution in [0.5, 0.6) is 0 Å². The zero-order chi connectivity index (χ0) is 19.3. The Hall–Kier alpha value is -1.72. The predicted octanol–water partition coefficient (Wildman–Crippen LogP) is 3.62. The van der Waals surface area contributed by atoms with Gasteiger partial charge in [0, 0.05) is 25.3 Å². The van der Waals surface area contributed by atoms with E-state index in [1.807, 2.05) is 12.4 Å². The third-order valence-electron chi connectivity index (χ3n) is 7.55. The standard InChI is InChI=1S/C22H34N4O2/c27-21(25-23-13-19-11-15-5-7-17(19)9-15)3-1-2-4-22(28)26-24-14-20-12-16-6-8-18(20)10-16/h13-20H,1-12H2,(H,25,27)(H,26,28)/b23-13+,24-14+/t15-,16-,17-,18-,19-,20-/m0/s1. The Morgan fingerprint density at radius 3 is 1.54 bits per heavy atom.